The average Bonchev–Trinajstić information content (AvgIpc) is 2.05. The number of rotatable bonds is 6. The zero-order valence-corrected chi connectivity index (χ0v) is 17.5. The lowest BCUT2D eigenvalue weighted by atomic mass is 10.2. The third-order valence-corrected chi connectivity index (χ3v) is 17.7. The van der Waals surface area contributed by atoms with Gasteiger partial charge in [-0.2, -0.15) is 0 Å². The van der Waals surface area contributed by atoms with Gasteiger partial charge in [0.2, 0.25) is 11.8 Å². The van der Waals surface area contributed by atoms with Crippen molar-refractivity contribution in [2.24, 2.45) is 11.5 Å². The first kappa shape index (κ1) is 19.6. The molecule has 0 saturated heterocycles. The van der Waals surface area contributed by atoms with E-state index in [1.807, 2.05) is 0 Å². The number of hydrogen-bond donors (Lipinski definition) is 2. The summed E-state index contributed by atoms with van der Waals surface area (Å²) in [6.45, 7) is 19.2. The summed E-state index contributed by atoms with van der Waals surface area (Å²) in [7, 11) is -6.07. The first-order chi connectivity index (χ1) is 8.51. The van der Waals surface area contributed by atoms with E-state index in [4.69, 9.17) is 11.5 Å². The topological polar surface area (TPSA) is 86.2 Å². The fraction of sp³-hybridized carbons (Fsp3) is 0.846. The zero-order chi connectivity index (χ0) is 16.7. The maximum atomic E-state index is 12.6. The molecule has 0 bridgehead atoms. The van der Waals surface area contributed by atoms with Crippen LogP contribution in [0, 0.1) is 0 Å². The first-order valence-electron chi connectivity index (χ1n) is 7.10. The number of amides is 2. The van der Waals surface area contributed by atoms with Gasteiger partial charge in [0, 0.05) is 10.2 Å². The van der Waals surface area contributed by atoms with Crippen LogP contribution in [-0.2, 0) is 9.59 Å². The van der Waals surface area contributed by atoms with Crippen molar-refractivity contribution >= 4 is 36.0 Å². The van der Waals surface area contributed by atoms with Crippen LogP contribution < -0.4 is 11.5 Å². The standard InChI is InChI=1S/C13H32N2O2Si3/c1-18(2,3)10(11(14)16)13(12(15)17,19(4,5)6)20(7,8)9/h10H,1-9H3,(H2,14,16)(H2,15,17). The van der Waals surface area contributed by atoms with Crippen LogP contribution in [0.3, 0.4) is 0 Å². The van der Waals surface area contributed by atoms with Crippen molar-refractivity contribution in [2.45, 2.75) is 69.1 Å². The lowest BCUT2D eigenvalue weighted by molar-refractivity contribution is -0.124. The van der Waals surface area contributed by atoms with E-state index in [0.29, 0.717) is 0 Å². The summed E-state index contributed by atoms with van der Waals surface area (Å²) in [6, 6.07) is 0. The van der Waals surface area contributed by atoms with E-state index in [9.17, 15) is 9.59 Å². The Labute approximate surface area is 126 Å². The highest BCUT2D eigenvalue weighted by atomic mass is 28.4. The second-order valence-corrected chi connectivity index (χ2v) is 25.3. The summed E-state index contributed by atoms with van der Waals surface area (Å²) < 4.78 is -0.698. The molecule has 2 amide bonds. The largest absolute Gasteiger partial charge is 0.370 e. The van der Waals surface area contributed by atoms with Crippen LogP contribution >= 0.6 is 0 Å². The molecule has 0 aromatic carbocycles. The molecule has 4 nitrogen and oxygen atoms in total. The summed E-state index contributed by atoms with van der Waals surface area (Å²) in [5, 5.41) is 0. The molecule has 0 aromatic rings. The second-order valence-electron chi connectivity index (χ2n) is 8.87. The summed E-state index contributed by atoms with van der Waals surface area (Å²) >= 11 is 0. The van der Waals surface area contributed by atoms with Gasteiger partial charge in [-0.25, -0.2) is 0 Å². The van der Waals surface area contributed by atoms with Crippen LogP contribution in [0.1, 0.15) is 0 Å². The van der Waals surface area contributed by atoms with E-state index in [1.54, 1.807) is 0 Å². The molecule has 0 aromatic heterocycles. The number of hydrogen-bond acceptors (Lipinski definition) is 2. The van der Waals surface area contributed by atoms with E-state index in [0.717, 1.165) is 0 Å². The molecule has 0 aliphatic rings. The minimum Gasteiger partial charge on any atom is -0.370 e. The highest BCUT2D eigenvalue weighted by Crippen LogP contribution is 2.58. The summed E-state index contributed by atoms with van der Waals surface area (Å²) in [5.74, 6) is -0.644. The molecule has 0 heterocycles. The third-order valence-electron chi connectivity index (χ3n) is 4.34. The number of primary amides is 2. The fourth-order valence-electron chi connectivity index (χ4n) is 4.16. The monoisotopic (exact) mass is 332 g/mol. The van der Waals surface area contributed by atoms with Crippen LogP contribution in [0.5, 0.6) is 0 Å². The molecule has 1 unspecified atom stereocenters. The zero-order valence-electron chi connectivity index (χ0n) is 14.5. The van der Waals surface area contributed by atoms with Crippen molar-refractivity contribution in [3.8, 4) is 0 Å². The van der Waals surface area contributed by atoms with Gasteiger partial charge in [-0.05, 0) is 0 Å². The van der Waals surface area contributed by atoms with Gasteiger partial charge in [0.25, 0.3) is 0 Å². The molecule has 20 heavy (non-hydrogen) atoms. The molecule has 0 aliphatic carbocycles. The first-order valence-corrected chi connectivity index (χ1v) is 17.7. The predicted molar refractivity (Wildman–Crippen MR) is 94.9 cm³/mol. The van der Waals surface area contributed by atoms with Crippen LogP contribution in [0.4, 0.5) is 0 Å². The Balaban J connectivity index is 6.70. The minimum atomic E-state index is -2.05. The van der Waals surface area contributed by atoms with Gasteiger partial charge < -0.3 is 11.5 Å². The van der Waals surface area contributed by atoms with E-state index in [1.165, 1.54) is 0 Å². The van der Waals surface area contributed by atoms with Gasteiger partial charge in [-0.15, -0.1) is 0 Å². The summed E-state index contributed by atoms with van der Waals surface area (Å²) in [6.07, 6.45) is 0. The van der Waals surface area contributed by atoms with E-state index >= 15 is 0 Å². The van der Waals surface area contributed by atoms with Gasteiger partial charge in [-0.3, -0.25) is 9.59 Å². The Hall–Kier alpha value is -0.409. The lowest BCUT2D eigenvalue weighted by Gasteiger charge is -2.56. The van der Waals surface area contributed by atoms with Crippen molar-refractivity contribution < 1.29 is 9.59 Å². The predicted octanol–water partition coefficient (Wildman–Crippen LogP) is 2.62. The Morgan fingerprint density at radius 1 is 0.800 bits per heavy atom. The third kappa shape index (κ3) is 3.09. The van der Waals surface area contributed by atoms with Gasteiger partial charge >= 0.3 is 0 Å². The Bertz CT molecular complexity index is 389. The molecule has 0 radical (unpaired) electrons. The maximum Gasteiger partial charge on any atom is 0.218 e. The molecule has 0 saturated carbocycles. The molecule has 0 spiro atoms. The van der Waals surface area contributed by atoms with Crippen molar-refractivity contribution in [2.75, 3.05) is 0 Å². The van der Waals surface area contributed by atoms with Crippen molar-refractivity contribution in [1.82, 2.24) is 0 Å². The van der Waals surface area contributed by atoms with Crippen molar-refractivity contribution in [1.29, 1.82) is 0 Å². The van der Waals surface area contributed by atoms with Crippen LogP contribution in [-0.4, -0.2) is 36.0 Å². The quantitative estimate of drug-likeness (QED) is 0.732. The van der Waals surface area contributed by atoms with Gasteiger partial charge in [0.15, 0.2) is 0 Å². The van der Waals surface area contributed by atoms with Crippen molar-refractivity contribution in [3.63, 3.8) is 0 Å². The SMILES string of the molecule is C[Si](C)(C)C(C(N)=O)C(C(N)=O)([Si](C)(C)C)[Si](C)(C)C. The normalized spacial score (nSPS) is 15.8. The Kier molecular flexibility index (Phi) is 5.31. The summed E-state index contributed by atoms with van der Waals surface area (Å²) in [4.78, 5) is 24.9. The molecule has 7 heteroatoms. The van der Waals surface area contributed by atoms with Crippen LogP contribution in [0.2, 0.25) is 69.1 Å². The fourth-order valence-corrected chi connectivity index (χ4v) is 24.1. The van der Waals surface area contributed by atoms with E-state index in [-0.39, 0.29) is 17.4 Å². The highest BCUT2D eigenvalue weighted by molar-refractivity contribution is 7.05. The molecule has 0 aliphatic heterocycles. The number of carbonyl (C=O) groups is 2. The summed E-state index contributed by atoms with van der Waals surface area (Å²) in [5.41, 5.74) is 11.3. The van der Waals surface area contributed by atoms with Gasteiger partial charge in [0.05, 0.1) is 24.2 Å². The van der Waals surface area contributed by atoms with E-state index < -0.39 is 28.9 Å². The van der Waals surface area contributed by atoms with Crippen molar-refractivity contribution in [3.05, 3.63) is 0 Å². The number of nitrogens with two attached hydrogens (primary N) is 2. The van der Waals surface area contributed by atoms with Gasteiger partial charge in [-0.1, -0.05) is 58.9 Å². The number of carbonyl (C=O) groups excluding carboxylic acids is 2. The molecule has 4 N–H and O–H groups in total. The Morgan fingerprint density at radius 3 is 1.15 bits per heavy atom. The smallest absolute Gasteiger partial charge is 0.218 e. The lowest BCUT2D eigenvalue weighted by Crippen LogP contribution is -2.68. The van der Waals surface area contributed by atoms with Gasteiger partial charge in [0.1, 0.15) is 0 Å². The highest BCUT2D eigenvalue weighted by Gasteiger charge is 2.65. The molecule has 0 fully saturated rings. The second kappa shape index (κ2) is 5.42. The Morgan fingerprint density at radius 2 is 1.10 bits per heavy atom. The molecule has 118 valence electrons. The minimum absolute atomic E-state index is 0.304. The maximum absolute atomic E-state index is 12.6. The molecule has 1 atom stereocenters. The molecule has 0 rings (SSSR count). The van der Waals surface area contributed by atoms with Crippen LogP contribution in [0.15, 0.2) is 0 Å². The average molecular weight is 333 g/mol. The molecular formula is C13H32N2O2Si3. The van der Waals surface area contributed by atoms with E-state index in [2.05, 4.69) is 58.9 Å². The van der Waals surface area contributed by atoms with Crippen LogP contribution in [0.25, 0.3) is 0 Å². The molecular weight excluding hydrogens is 300 g/mol.